The monoisotopic (exact) mass is 450 g/mol. The van der Waals surface area contributed by atoms with Gasteiger partial charge in [0.2, 0.25) is 0 Å². The van der Waals surface area contributed by atoms with Crippen LogP contribution in [0, 0.1) is 0 Å². The number of carbonyl (C=O) groups is 1. The number of fused-ring (bicyclic) bond motifs is 1. The van der Waals surface area contributed by atoms with Gasteiger partial charge in [0.15, 0.2) is 0 Å². The molecule has 4 aromatic rings. The fourth-order valence-corrected chi connectivity index (χ4v) is 4.60. The van der Waals surface area contributed by atoms with Gasteiger partial charge >= 0.3 is 5.97 Å². The van der Waals surface area contributed by atoms with Crippen LogP contribution in [0.1, 0.15) is 39.7 Å². The molecule has 0 bridgehead atoms. The molecule has 4 heteroatoms. The molecule has 0 fully saturated rings. The molecule has 1 N–H and O–H groups in total. The van der Waals surface area contributed by atoms with Gasteiger partial charge in [0.1, 0.15) is 18.1 Å². The van der Waals surface area contributed by atoms with E-state index in [4.69, 9.17) is 9.47 Å². The lowest BCUT2D eigenvalue weighted by Crippen LogP contribution is -2.25. The van der Waals surface area contributed by atoms with Gasteiger partial charge in [0.05, 0.1) is 13.0 Å². The number of ether oxygens (including phenoxy) is 2. The SMILES string of the molecule is O=C(Cc1ccc([C@@H]2c3ccc(O)cc3OC[C@@H]2c2ccccc2)cc1)OCc1ccccc1. The normalized spacial score (nSPS) is 16.8. The van der Waals surface area contributed by atoms with Crippen molar-refractivity contribution >= 4 is 5.97 Å². The van der Waals surface area contributed by atoms with Crippen LogP contribution in [0.2, 0.25) is 0 Å². The van der Waals surface area contributed by atoms with Gasteiger partial charge in [-0.3, -0.25) is 4.79 Å². The maximum absolute atomic E-state index is 12.3. The summed E-state index contributed by atoms with van der Waals surface area (Å²) in [5, 5.41) is 9.94. The van der Waals surface area contributed by atoms with Crippen molar-refractivity contribution in [3.05, 3.63) is 131 Å². The van der Waals surface area contributed by atoms with Gasteiger partial charge in [-0.2, -0.15) is 0 Å². The van der Waals surface area contributed by atoms with Gasteiger partial charge in [-0.15, -0.1) is 0 Å². The van der Waals surface area contributed by atoms with Crippen molar-refractivity contribution in [2.24, 2.45) is 0 Å². The van der Waals surface area contributed by atoms with E-state index >= 15 is 0 Å². The second kappa shape index (κ2) is 9.84. The third kappa shape index (κ3) is 4.81. The van der Waals surface area contributed by atoms with Crippen LogP contribution in [0.4, 0.5) is 0 Å². The van der Waals surface area contributed by atoms with Crippen LogP contribution >= 0.6 is 0 Å². The van der Waals surface area contributed by atoms with E-state index in [1.807, 2.05) is 66.7 Å². The summed E-state index contributed by atoms with van der Waals surface area (Å²) in [6.07, 6.45) is 0.230. The van der Waals surface area contributed by atoms with Crippen molar-refractivity contribution in [3.63, 3.8) is 0 Å². The first-order valence-electron chi connectivity index (χ1n) is 11.5. The molecule has 0 spiro atoms. The molecular formula is C30H26O4. The molecule has 170 valence electrons. The zero-order valence-electron chi connectivity index (χ0n) is 18.8. The summed E-state index contributed by atoms with van der Waals surface area (Å²) in [6.45, 7) is 0.806. The van der Waals surface area contributed by atoms with E-state index in [0.29, 0.717) is 12.4 Å². The Kier molecular flexibility index (Phi) is 6.30. The summed E-state index contributed by atoms with van der Waals surface area (Å²) in [5.41, 5.74) is 5.29. The number of benzene rings is 4. The number of carbonyl (C=O) groups excluding carboxylic acids is 1. The Morgan fingerprint density at radius 1 is 0.824 bits per heavy atom. The van der Waals surface area contributed by atoms with Crippen molar-refractivity contribution in [2.75, 3.05) is 6.61 Å². The van der Waals surface area contributed by atoms with E-state index in [1.54, 1.807) is 12.1 Å². The zero-order chi connectivity index (χ0) is 23.3. The Bertz CT molecular complexity index is 1250. The molecule has 1 heterocycles. The molecule has 0 saturated carbocycles. The van der Waals surface area contributed by atoms with Gasteiger partial charge in [-0.05, 0) is 28.3 Å². The summed E-state index contributed by atoms with van der Waals surface area (Å²) in [7, 11) is 0. The largest absolute Gasteiger partial charge is 0.508 e. The third-order valence-corrected chi connectivity index (χ3v) is 6.31. The summed E-state index contributed by atoms with van der Waals surface area (Å²) in [5.74, 6) is 0.877. The van der Waals surface area contributed by atoms with Crippen LogP contribution in [0.15, 0.2) is 103 Å². The minimum atomic E-state index is -0.245. The molecule has 34 heavy (non-hydrogen) atoms. The molecule has 4 aromatic carbocycles. The first-order chi connectivity index (χ1) is 16.7. The smallest absolute Gasteiger partial charge is 0.310 e. The molecule has 1 aliphatic rings. The fraction of sp³-hybridized carbons (Fsp3) is 0.167. The molecule has 0 aliphatic carbocycles. The molecule has 4 nitrogen and oxygen atoms in total. The fourth-order valence-electron chi connectivity index (χ4n) is 4.60. The molecule has 0 amide bonds. The highest BCUT2D eigenvalue weighted by molar-refractivity contribution is 5.72. The Hall–Kier alpha value is -4.05. The summed E-state index contributed by atoms with van der Waals surface area (Å²) < 4.78 is 11.5. The Morgan fingerprint density at radius 3 is 2.26 bits per heavy atom. The van der Waals surface area contributed by atoms with E-state index in [-0.39, 0.29) is 36.6 Å². The minimum absolute atomic E-state index is 0.0748. The van der Waals surface area contributed by atoms with Crippen LogP contribution in [0.5, 0.6) is 11.5 Å². The van der Waals surface area contributed by atoms with Crippen LogP contribution in [0.3, 0.4) is 0 Å². The van der Waals surface area contributed by atoms with E-state index in [9.17, 15) is 9.90 Å². The molecule has 0 saturated heterocycles. The highest BCUT2D eigenvalue weighted by atomic mass is 16.5. The Morgan fingerprint density at radius 2 is 1.53 bits per heavy atom. The maximum atomic E-state index is 12.3. The third-order valence-electron chi connectivity index (χ3n) is 6.31. The Labute approximate surface area is 199 Å². The van der Waals surface area contributed by atoms with Crippen LogP contribution < -0.4 is 4.74 Å². The van der Waals surface area contributed by atoms with Gasteiger partial charge in [0, 0.05) is 23.5 Å². The minimum Gasteiger partial charge on any atom is -0.508 e. The first-order valence-corrected chi connectivity index (χ1v) is 11.5. The van der Waals surface area contributed by atoms with Gasteiger partial charge in [-0.25, -0.2) is 0 Å². The number of phenolic OH excluding ortho intramolecular Hbond substituents is 1. The Balaban J connectivity index is 1.36. The second-order valence-corrected chi connectivity index (χ2v) is 8.59. The van der Waals surface area contributed by atoms with Crippen LogP contribution in [-0.4, -0.2) is 17.7 Å². The number of hydrogen-bond donors (Lipinski definition) is 1. The number of esters is 1. The molecular weight excluding hydrogens is 424 g/mol. The lowest BCUT2D eigenvalue weighted by atomic mass is 9.75. The van der Waals surface area contributed by atoms with Gasteiger partial charge < -0.3 is 14.6 Å². The van der Waals surface area contributed by atoms with Gasteiger partial charge in [-0.1, -0.05) is 91.0 Å². The lowest BCUT2D eigenvalue weighted by Gasteiger charge is -2.34. The molecule has 1 aliphatic heterocycles. The highest BCUT2D eigenvalue weighted by Gasteiger charge is 2.33. The predicted octanol–water partition coefficient (Wildman–Crippen LogP) is 5.99. The number of phenols is 1. The maximum Gasteiger partial charge on any atom is 0.310 e. The standard InChI is InChI=1S/C30H26O4/c31-25-15-16-26-28(18-25)33-20-27(23-9-5-2-6-10-23)30(26)24-13-11-21(12-14-24)17-29(32)34-19-22-7-3-1-4-8-22/h1-16,18,27,30-31H,17,19-20H2/t27-,30-/m1/s1. The van der Waals surface area contributed by atoms with E-state index in [2.05, 4.69) is 24.3 Å². The van der Waals surface area contributed by atoms with E-state index in [0.717, 1.165) is 22.3 Å². The van der Waals surface area contributed by atoms with Crippen LogP contribution in [-0.2, 0) is 22.6 Å². The number of hydrogen-bond acceptors (Lipinski definition) is 4. The van der Waals surface area contributed by atoms with Crippen molar-refractivity contribution in [1.82, 2.24) is 0 Å². The summed E-state index contributed by atoms with van der Waals surface area (Å²) in [6, 6.07) is 33.5. The molecule has 2 atom stereocenters. The molecule has 0 radical (unpaired) electrons. The molecule has 0 unspecified atom stereocenters. The van der Waals surface area contributed by atoms with Gasteiger partial charge in [0.25, 0.3) is 0 Å². The summed E-state index contributed by atoms with van der Waals surface area (Å²) >= 11 is 0. The molecule has 0 aromatic heterocycles. The van der Waals surface area contributed by atoms with Crippen molar-refractivity contribution < 1.29 is 19.4 Å². The first kappa shape index (κ1) is 21.8. The van der Waals surface area contributed by atoms with Crippen LogP contribution in [0.25, 0.3) is 0 Å². The topological polar surface area (TPSA) is 55.8 Å². The predicted molar refractivity (Wildman–Crippen MR) is 131 cm³/mol. The summed E-state index contributed by atoms with van der Waals surface area (Å²) in [4.78, 5) is 12.3. The lowest BCUT2D eigenvalue weighted by molar-refractivity contribution is -0.144. The molecule has 5 rings (SSSR count). The van der Waals surface area contributed by atoms with Crippen molar-refractivity contribution in [3.8, 4) is 11.5 Å². The second-order valence-electron chi connectivity index (χ2n) is 8.59. The van der Waals surface area contributed by atoms with Crippen molar-refractivity contribution in [1.29, 1.82) is 0 Å². The average molecular weight is 451 g/mol. The number of aromatic hydroxyl groups is 1. The van der Waals surface area contributed by atoms with E-state index < -0.39 is 0 Å². The number of rotatable bonds is 6. The van der Waals surface area contributed by atoms with Crippen molar-refractivity contribution in [2.45, 2.75) is 24.9 Å². The highest BCUT2D eigenvalue weighted by Crippen LogP contribution is 2.46. The van der Waals surface area contributed by atoms with E-state index in [1.165, 1.54) is 5.56 Å². The average Bonchev–Trinajstić information content (AvgIpc) is 2.88. The zero-order valence-corrected chi connectivity index (χ0v) is 18.8. The quantitative estimate of drug-likeness (QED) is 0.367.